The van der Waals surface area contributed by atoms with Crippen molar-refractivity contribution in [2.45, 2.75) is 13.5 Å². The first-order valence-electron chi connectivity index (χ1n) is 5.46. The highest BCUT2D eigenvalue weighted by Gasteiger charge is 2.03. The Hall–Kier alpha value is -1.81. The zero-order chi connectivity index (χ0) is 11.7. The van der Waals surface area contributed by atoms with Gasteiger partial charge in [-0.1, -0.05) is 23.5 Å². The molecule has 3 aromatic rings. The summed E-state index contributed by atoms with van der Waals surface area (Å²) in [6, 6.07) is 12.1. The lowest BCUT2D eigenvalue weighted by Crippen LogP contribution is -1.96. The second kappa shape index (κ2) is 4.22. The van der Waals surface area contributed by atoms with Crippen molar-refractivity contribution in [2.75, 3.05) is 5.32 Å². The molecule has 2 aromatic heterocycles. The monoisotopic (exact) mass is 244 g/mol. The zero-order valence-electron chi connectivity index (χ0n) is 9.43. The van der Waals surface area contributed by atoms with Gasteiger partial charge in [0.1, 0.15) is 11.5 Å². The number of hydrogen-bond acceptors (Lipinski definition) is 4. The topological polar surface area (TPSA) is 38.1 Å². The first kappa shape index (κ1) is 10.4. The number of furan rings is 1. The molecule has 4 heteroatoms. The number of aryl methyl sites for hydroxylation is 1. The summed E-state index contributed by atoms with van der Waals surface area (Å²) >= 11 is 1.66. The number of aromatic nitrogens is 1. The lowest BCUT2D eigenvalue weighted by molar-refractivity contribution is 0.490. The third-order valence-electron chi connectivity index (χ3n) is 2.50. The van der Waals surface area contributed by atoms with Crippen molar-refractivity contribution >= 4 is 26.7 Å². The lowest BCUT2D eigenvalue weighted by atomic mass is 10.3. The maximum absolute atomic E-state index is 5.49. The van der Waals surface area contributed by atoms with Crippen molar-refractivity contribution in [3.05, 3.63) is 47.9 Å². The van der Waals surface area contributed by atoms with Crippen molar-refractivity contribution in [3.63, 3.8) is 0 Å². The highest BCUT2D eigenvalue weighted by Crippen LogP contribution is 2.25. The second-order valence-electron chi connectivity index (χ2n) is 3.85. The van der Waals surface area contributed by atoms with E-state index in [-0.39, 0.29) is 0 Å². The van der Waals surface area contributed by atoms with Crippen LogP contribution in [0.4, 0.5) is 5.13 Å². The van der Waals surface area contributed by atoms with Crippen molar-refractivity contribution < 1.29 is 4.42 Å². The molecule has 0 radical (unpaired) electrons. The molecule has 17 heavy (non-hydrogen) atoms. The number of hydrogen-bond donors (Lipinski definition) is 1. The van der Waals surface area contributed by atoms with E-state index in [0.29, 0.717) is 6.54 Å². The summed E-state index contributed by atoms with van der Waals surface area (Å²) in [5, 5.41) is 4.21. The van der Waals surface area contributed by atoms with Gasteiger partial charge in [0.2, 0.25) is 0 Å². The Morgan fingerprint density at radius 2 is 2.12 bits per heavy atom. The fraction of sp³-hybridized carbons (Fsp3) is 0.154. The molecule has 0 aliphatic rings. The molecule has 3 rings (SSSR count). The maximum atomic E-state index is 5.49. The third-order valence-corrected chi connectivity index (χ3v) is 3.50. The summed E-state index contributed by atoms with van der Waals surface area (Å²) in [5.41, 5.74) is 1.04. The molecule has 0 bridgehead atoms. The quantitative estimate of drug-likeness (QED) is 0.761. The Bertz CT molecular complexity index is 608. The van der Waals surface area contributed by atoms with Gasteiger partial charge in [-0.05, 0) is 31.2 Å². The minimum atomic E-state index is 0.674. The second-order valence-corrected chi connectivity index (χ2v) is 4.88. The predicted molar refractivity (Wildman–Crippen MR) is 70.4 cm³/mol. The van der Waals surface area contributed by atoms with Crippen LogP contribution >= 0.6 is 11.3 Å². The first-order valence-corrected chi connectivity index (χ1v) is 6.28. The van der Waals surface area contributed by atoms with Gasteiger partial charge in [-0.25, -0.2) is 4.98 Å². The van der Waals surface area contributed by atoms with Gasteiger partial charge in [-0.3, -0.25) is 0 Å². The van der Waals surface area contributed by atoms with Crippen LogP contribution in [0.2, 0.25) is 0 Å². The van der Waals surface area contributed by atoms with Crippen LogP contribution in [0.5, 0.6) is 0 Å². The summed E-state index contributed by atoms with van der Waals surface area (Å²) in [7, 11) is 0. The highest BCUT2D eigenvalue weighted by molar-refractivity contribution is 7.22. The van der Waals surface area contributed by atoms with Crippen LogP contribution in [-0.4, -0.2) is 4.98 Å². The van der Waals surface area contributed by atoms with E-state index in [1.807, 2.05) is 37.3 Å². The molecular formula is C13H12N2OS. The zero-order valence-corrected chi connectivity index (χ0v) is 10.3. The van der Waals surface area contributed by atoms with E-state index < -0.39 is 0 Å². The third kappa shape index (κ3) is 2.17. The highest BCUT2D eigenvalue weighted by atomic mass is 32.1. The van der Waals surface area contributed by atoms with Gasteiger partial charge in [0.05, 0.1) is 16.8 Å². The van der Waals surface area contributed by atoms with Crippen molar-refractivity contribution in [3.8, 4) is 0 Å². The van der Waals surface area contributed by atoms with E-state index in [0.717, 1.165) is 22.2 Å². The summed E-state index contributed by atoms with van der Waals surface area (Å²) in [6.45, 7) is 2.62. The number of rotatable bonds is 3. The minimum absolute atomic E-state index is 0.674. The summed E-state index contributed by atoms with van der Waals surface area (Å²) < 4.78 is 6.69. The van der Waals surface area contributed by atoms with Crippen molar-refractivity contribution in [1.82, 2.24) is 4.98 Å². The molecule has 0 unspecified atom stereocenters. The molecule has 1 N–H and O–H groups in total. The molecule has 0 fully saturated rings. The number of para-hydroxylation sites is 1. The van der Waals surface area contributed by atoms with Crippen LogP contribution in [-0.2, 0) is 6.54 Å². The Labute approximate surface area is 103 Å². The Morgan fingerprint density at radius 3 is 2.88 bits per heavy atom. The van der Waals surface area contributed by atoms with Gasteiger partial charge in [-0.15, -0.1) is 0 Å². The number of anilines is 1. The average Bonchev–Trinajstić information content (AvgIpc) is 2.91. The van der Waals surface area contributed by atoms with Crippen LogP contribution in [0.15, 0.2) is 40.8 Å². The fourth-order valence-corrected chi connectivity index (χ4v) is 2.55. The van der Waals surface area contributed by atoms with E-state index in [1.165, 1.54) is 4.70 Å². The van der Waals surface area contributed by atoms with E-state index >= 15 is 0 Å². The largest absolute Gasteiger partial charge is 0.465 e. The predicted octanol–water partition coefficient (Wildman–Crippen LogP) is 3.81. The van der Waals surface area contributed by atoms with Gasteiger partial charge >= 0.3 is 0 Å². The van der Waals surface area contributed by atoms with Crippen LogP contribution < -0.4 is 5.32 Å². The standard InChI is InChI=1S/C13H12N2OS/c1-9-6-7-10(16-9)8-14-13-15-11-4-2-3-5-12(11)17-13/h2-7H,8H2,1H3,(H,14,15). The molecule has 0 saturated heterocycles. The minimum Gasteiger partial charge on any atom is -0.465 e. The number of thiazole rings is 1. The number of benzene rings is 1. The fourth-order valence-electron chi connectivity index (χ4n) is 1.69. The molecule has 0 aliphatic carbocycles. The molecule has 0 saturated carbocycles. The van der Waals surface area contributed by atoms with Gasteiger partial charge < -0.3 is 9.73 Å². The number of fused-ring (bicyclic) bond motifs is 1. The van der Waals surface area contributed by atoms with E-state index in [4.69, 9.17) is 4.42 Å². The Kier molecular flexibility index (Phi) is 2.57. The molecule has 0 aliphatic heterocycles. The van der Waals surface area contributed by atoms with E-state index in [1.54, 1.807) is 11.3 Å². The number of nitrogens with one attached hydrogen (secondary N) is 1. The van der Waals surface area contributed by atoms with Crippen LogP contribution in [0.1, 0.15) is 11.5 Å². The average molecular weight is 244 g/mol. The van der Waals surface area contributed by atoms with Crippen LogP contribution in [0.3, 0.4) is 0 Å². The van der Waals surface area contributed by atoms with E-state index in [2.05, 4.69) is 16.4 Å². The molecule has 0 atom stereocenters. The Morgan fingerprint density at radius 1 is 1.24 bits per heavy atom. The molecule has 2 heterocycles. The van der Waals surface area contributed by atoms with Crippen molar-refractivity contribution in [2.24, 2.45) is 0 Å². The maximum Gasteiger partial charge on any atom is 0.184 e. The molecule has 1 aromatic carbocycles. The summed E-state index contributed by atoms with van der Waals surface area (Å²) in [4.78, 5) is 4.50. The molecule has 86 valence electrons. The van der Waals surface area contributed by atoms with Gasteiger partial charge in [0, 0.05) is 0 Å². The lowest BCUT2D eigenvalue weighted by Gasteiger charge is -1.97. The van der Waals surface area contributed by atoms with Crippen LogP contribution in [0, 0.1) is 6.92 Å². The summed E-state index contributed by atoms with van der Waals surface area (Å²) in [6.07, 6.45) is 0. The molecule has 0 spiro atoms. The van der Waals surface area contributed by atoms with Crippen LogP contribution in [0.25, 0.3) is 10.2 Å². The number of nitrogens with zero attached hydrogens (tertiary/aromatic N) is 1. The smallest absolute Gasteiger partial charge is 0.184 e. The molecular weight excluding hydrogens is 232 g/mol. The van der Waals surface area contributed by atoms with Gasteiger partial charge in [0.25, 0.3) is 0 Å². The normalized spacial score (nSPS) is 10.9. The van der Waals surface area contributed by atoms with Gasteiger partial charge in [0.15, 0.2) is 5.13 Å². The molecule has 3 nitrogen and oxygen atoms in total. The van der Waals surface area contributed by atoms with Crippen molar-refractivity contribution in [1.29, 1.82) is 0 Å². The first-order chi connectivity index (χ1) is 8.31. The molecule has 0 amide bonds. The Balaban J connectivity index is 1.76. The van der Waals surface area contributed by atoms with Gasteiger partial charge in [-0.2, -0.15) is 0 Å². The summed E-state index contributed by atoms with van der Waals surface area (Å²) in [5.74, 6) is 1.87. The SMILES string of the molecule is Cc1ccc(CNc2nc3ccccc3s2)o1. The van der Waals surface area contributed by atoms with E-state index in [9.17, 15) is 0 Å².